The Hall–Kier alpha value is -1.57. The fourth-order valence-electron chi connectivity index (χ4n) is 3.29. The molecule has 6 nitrogen and oxygen atoms in total. The first kappa shape index (κ1) is 20.2. The summed E-state index contributed by atoms with van der Waals surface area (Å²) in [5.74, 6) is 0.244. The van der Waals surface area contributed by atoms with Gasteiger partial charge in [-0.2, -0.15) is 0 Å². The summed E-state index contributed by atoms with van der Waals surface area (Å²) in [7, 11) is 0. The lowest BCUT2D eigenvalue weighted by molar-refractivity contribution is -0.0331. The van der Waals surface area contributed by atoms with Crippen molar-refractivity contribution in [2.45, 2.75) is 38.3 Å². The van der Waals surface area contributed by atoms with Gasteiger partial charge in [0, 0.05) is 30.6 Å². The maximum atomic E-state index is 12.7. The molecule has 1 amide bonds. The number of benzene rings is 1. The van der Waals surface area contributed by atoms with E-state index in [1.54, 1.807) is 4.90 Å². The zero-order valence-electron chi connectivity index (χ0n) is 15.9. The maximum Gasteiger partial charge on any atom is 0.410 e. The van der Waals surface area contributed by atoms with Gasteiger partial charge in [0.25, 0.3) is 0 Å². The highest BCUT2D eigenvalue weighted by molar-refractivity contribution is 7.80. The average Bonchev–Trinajstić information content (AvgIpc) is 2.60. The highest BCUT2D eigenvalue weighted by Gasteiger charge is 2.32. The van der Waals surface area contributed by atoms with Crippen LogP contribution in [0, 0.1) is 0 Å². The summed E-state index contributed by atoms with van der Waals surface area (Å²) in [6.07, 6.45) is -0.330. The van der Waals surface area contributed by atoms with E-state index in [4.69, 9.17) is 33.3 Å². The predicted molar refractivity (Wildman–Crippen MR) is 109 cm³/mol. The van der Waals surface area contributed by atoms with Crippen molar-refractivity contribution in [3.63, 3.8) is 0 Å². The van der Waals surface area contributed by atoms with Crippen LogP contribution in [0.5, 0.6) is 0 Å². The fourth-order valence-corrected chi connectivity index (χ4v) is 3.70. The van der Waals surface area contributed by atoms with E-state index >= 15 is 0 Å². The first-order valence-electron chi connectivity index (χ1n) is 9.12. The minimum absolute atomic E-state index is 0.225. The van der Waals surface area contributed by atoms with Gasteiger partial charge in [-0.25, -0.2) is 4.79 Å². The van der Waals surface area contributed by atoms with Crippen LogP contribution in [-0.2, 0) is 9.47 Å². The van der Waals surface area contributed by atoms with Crippen molar-refractivity contribution in [1.29, 1.82) is 0 Å². The standard InChI is InChI=1S/C19H26ClN3O3S/c1-19(2,3)26-18(24)23-4-5-25-11-16(23)13-6-12(7-15(20)8-13)14-9-21-17(27)22-10-14/h6-8,14,16H,4-5,9-11H2,1-3H3,(H2,21,22,27)/t16-/m0/s1. The third kappa shape index (κ3) is 5.24. The number of ether oxygens (including phenoxy) is 2. The Morgan fingerprint density at radius 1 is 1.26 bits per heavy atom. The smallest absolute Gasteiger partial charge is 0.410 e. The summed E-state index contributed by atoms with van der Waals surface area (Å²) < 4.78 is 11.2. The van der Waals surface area contributed by atoms with Gasteiger partial charge in [-0.05, 0) is 56.2 Å². The fraction of sp³-hybridized carbons (Fsp3) is 0.579. The van der Waals surface area contributed by atoms with Crippen molar-refractivity contribution < 1.29 is 14.3 Å². The highest BCUT2D eigenvalue weighted by Crippen LogP contribution is 2.31. The predicted octanol–water partition coefficient (Wildman–Crippen LogP) is 3.21. The Kier molecular flexibility index (Phi) is 6.13. The zero-order chi connectivity index (χ0) is 19.6. The number of hydrogen-bond acceptors (Lipinski definition) is 4. The third-order valence-corrected chi connectivity index (χ3v) is 5.08. The minimum Gasteiger partial charge on any atom is -0.444 e. The molecule has 0 spiro atoms. The van der Waals surface area contributed by atoms with Crippen molar-refractivity contribution in [2.75, 3.05) is 32.8 Å². The number of hydrogen-bond donors (Lipinski definition) is 2. The lowest BCUT2D eigenvalue weighted by Gasteiger charge is -2.37. The number of nitrogens with one attached hydrogen (secondary N) is 2. The van der Waals surface area contributed by atoms with E-state index < -0.39 is 5.60 Å². The molecule has 0 radical (unpaired) electrons. The Labute approximate surface area is 170 Å². The second-order valence-corrected chi connectivity index (χ2v) is 8.71. The van der Waals surface area contributed by atoms with Crippen molar-refractivity contribution in [3.8, 4) is 0 Å². The number of halogens is 1. The van der Waals surface area contributed by atoms with E-state index in [-0.39, 0.29) is 18.1 Å². The van der Waals surface area contributed by atoms with Gasteiger partial charge >= 0.3 is 6.09 Å². The molecule has 2 saturated heterocycles. The van der Waals surface area contributed by atoms with Crippen LogP contribution in [0.4, 0.5) is 4.79 Å². The number of carbonyl (C=O) groups is 1. The quantitative estimate of drug-likeness (QED) is 0.728. The molecule has 2 N–H and O–H groups in total. The largest absolute Gasteiger partial charge is 0.444 e. The van der Waals surface area contributed by atoms with Gasteiger partial charge < -0.3 is 20.1 Å². The Morgan fingerprint density at radius 2 is 1.93 bits per heavy atom. The molecule has 1 aromatic rings. The normalized spacial score (nSPS) is 21.4. The Morgan fingerprint density at radius 3 is 2.59 bits per heavy atom. The van der Waals surface area contributed by atoms with E-state index in [0.29, 0.717) is 29.9 Å². The molecule has 1 aromatic carbocycles. The molecule has 0 bridgehead atoms. The minimum atomic E-state index is -0.544. The molecule has 148 valence electrons. The number of morpholine rings is 1. The molecule has 8 heteroatoms. The van der Waals surface area contributed by atoms with E-state index in [2.05, 4.69) is 16.7 Å². The van der Waals surface area contributed by atoms with Crippen LogP contribution >= 0.6 is 23.8 Å². The summed E-state index contributed by atoms with van der Waals surface area (Å²) in [5.41, 5.74) is 1.52. The molecule has 0 aromatic heterocycles. The van der Waals surface area contributed by atoms with E-state index in [1.807, 2.05) is 32.9 Å². The van der Waals surface area contributed by atoms with E-state index in [0.717, 1.165) is 24.2 Å². The first-order valence-corrected chi connectivity index (χ1v) is 9.91. The van der Waals surface area contributed by atoms with Crippen molar-refractivity contribution in [3.05, 3.63) is 34.3 Å². The van der Waals surface area contributed by atoms with Gasteiger partial charge in [0.1, 0.15) is 5.60 Å². The lowest BCUT2D eigenvalue weighted by Crippen LogP contribution is -2.47. The zero-order valence-corrected chi connectivity index (χ0v) is 17.5. The van der Waals surface area contributed by atoms with Gasteiger partial charge in [0.05, 0.1) is 19.3 Å². The van der Waals surface area contributed by atoms with Gasteiger partial charge in [-0.1, -0.05) is 17.7 Å². The van der Waals surface area contributed by atoms with Crippen molar-refractivity contribution in [1.82, 2.24) is 15.5 Å². The third-order valence-electron chi connectivity index (χ3n) is 4.57. The number of thiocarbonyl (C=S) groups is 1. The highest BCUT2D eigenvalue weighted by atomic mass is 35.5. The number of rotatable bonds is 2. The SMILES string of the molecule is CC(C)(C)OC(=O)N1CCOC[C@H]1c1cc(Cl)cc(C2CNC(=S)NC2)c1. The Balaban J connectivity index is 1.84. The number of amides is 1. The topological polar surface area (TPSA) is 62.8 Å². The molecular formula is C19H26ClN3O3S. The van der Waals surface area contributed by atoms with Crippen LogP contribution in [0.15, 0.2) is 18.2 Å². The molecule has 2 fully saturated rings. The van der Waals surface area contributed by atoms with Crippen LogP contribution in [0.2, 0.25) is 5.02 Å². The molecule has 0 unspecified atom stereocenters. The van der Waals surface area contributed by atoms with Gasteiger partial charge in [0.2, 0.25) is 0 Å². The molecule has 2 aliphatic heterocycles. The van der Waals surface area contributed by atoms with Gasteiger partial charge in [0.15, 0.2) is 5.11 Å². The number of nitrogens with zero attached hydrogens (tertiary/aromatic N) is 1. The van der Waals surface area contributed by atoms with E-state index in [1.165, 1.54) is 0 Å². The molecular weight excluding hydrogens is 386 g/mol. The molecule has 2 aliphatic rings. The lowest BCUT2D eigenvalue weighted by atomic mass is 9.93. The number of carbonyl (C=O) groups excluding carboxylic acids is 1. The van der Waals surface area contributed by atoms with E-state index in [9.17, 15) is 4.79 Å². The van der Waals surface area contributed by atoms with Gasteiger partial charge in [-0.15, -0.1) is 0 Å². The summed E-state index contributed by atoms with van der Waals surface area (Å²) >= 11 is 11.5. The van der Waals surface area contributed by atoms with Crippen molar-refractivity contribution >= 4 is 35.0 Å². The molecule has 1 atom stereocenters. The summed E-state index contributed by atoms with van der Waals surface area (Å²) in [6, 6.07) is 5.74. The second kappa shape index (κ2) is 8.20. The van der Waals surface area contributed by atoms with Crippen LogP contribution < -0.4 is 10.6 Å². The summed E-state index contributed by atoms with van der Waals surface area (Å²) in [5, 5.41) is 7.66. The average molecular weight is 412 g/mol. The molecule has 0 aliphatic carbocycles. The molecule has 3 rings (SSSR count). The van der Waals surface area contributed by atoms with Crippen LogP contribution in [0.3, 0.4) is 0 Å². The molecule has 27 heavy (non-hydrogen) atoms. The van der Waals surface area contributed by atoms with Gasteiger partial charge in [-0.3, -0.25) is 4.90 Å². The first-order chi connectivity index (χ1) is 12.7. The molecule has 0 saturated carbocycles. The van der Waals surface area contributed by atoms with Crippen LogP contribution in [0.1, 0.15) is 43.9 Å². The van der Waals surface area contributed by atoms with Crippen molar-refractivity contribution in [2.24, 2.45) is 0 Å². The Bertz CT molecular complexity index is 713. The second-order valence-electron chi connectivity index (χ2n) is 7.87. The monoisotopic (exact) mass is 411 g/mol. The maximum absolute atomic E-state index is 12.7. The summed E-state index contributed by atoms with van der Waals surface area (Å²) in [6.45, 7) is 8.51. The molecule has 2 heterocycles. The van der Waals surface area contributed by atoms with Crippen LogP contribution in [-0.4, -0.2) is 54.6 Å². The van der Waals surface area contributed by atoms with Crippen LogP contribution in [0.25, 0.3) is 0 Å². The summed E-state index contributed by atoms with van der Waals surface area (Å²) in [4.78, 5) is 14.4.